The molecule has 2 N–H and O–H groups in total. The molecule has 0 aliphatic heterocycles. The zero-order chi connectivity index (χ0) is 13.4. The van der Waals surface area contributed by atoms with Gasteiger partial charge in [-0.2, -0.15) is 0 Å². The summed E-state index contributed by atoms with van der Waals surface area (Å²) in [5, 5.41) is 15.9. The van der Waals surface area contributed by atoms with Gasteiger partial charge in [0.25, 0.3) is 0 Å². The first-order valence-corrected chi connectivity index (χ1v) is 7.28. The van der Waals surface area contributed by atoms with Crippen LogP contribution in [0.5, 0.6) is 0 Å². The molecule has 6 heteroatoms. The van der Waals surface area contributed by atoms with Gasteiger partial charge in [-0.05, 0) is 42.0 Å². The Morgan fingerprint density at radius 3 is 2.95 bits per heavy atom. The number of thiazole rings is 1. The molecule has 0 bridgehead atoms. The Labute approximate surface area is 117 Å². The normalized spacial score (nSPS) is 10.8. The van der Waals surface area contributed by atoms with Gasteiger partial charge < -0.3 is 10.4 Å². The fourth-order valence-electron chi connectivity index (χ4n) is 1.82. The van der Waals surface area contributed by atoms with Gasteiger partial charge in [0, 0.05) is 15.3 Å². The van der Waals surface area contributed by atoms with E-state index in [1.165, 1.54) is 21.4 Å². The number of anilines is 2. The average molecular weight is 290 g/mol. The molecule has 0 unspecified atom stereocenters. The molecule has 0 aliphatic rings. The van der Waals surface area contributed by atoms with Gasteiger partial charge in [-0.25, -0.2) is 9.78 Å². The number of aromatic carboxylic acids is 1. The SMILES string of the molecule is Cc1sc(Nc2ccc3sccc3c2)nc1C(=O)O. The van der Waals surface area contributed by atoms with Crippen molar-refractivity contribution >= 4 is 49.5 Å². The number of nitrogens with zero attached hydrogens (tertiary/aromatic N) is 1. The molecule has 19 heavy (non-hydrogen) atoms. The van der Waals surface area contributed by atoms with Gasteiger partial charge in [0.1, 0.15) is 0 Å². The van der Waals surface area contributed by atoms with Crippen molar-refractivity contribution in [1.82, 2.24) is 4.98 Å². The highest BCUT2D eigenvalue weighted by Crippen LogP contribution is 2.28. The third kappa shape index (κ3) is 2.32. The largest absolute Gasteiger partial charge is 0.476 e. The molecular formula is C13H10N2O2S2. The van der Waals surface area contributed by atoms with Gasteiger partial charge in [-0.3, -0.25) is 0 Å². The van der Waals surface area contributed by atoms with Crippen molar-refractivity contribution in [1.29, 1.82) is 0 Å². The molecule has 0 saturated carbocycles. The first-order valence-electron chi connectivity index (χ1n) is 5.58. The number of aromatic nitrogens is 1. The third-order valence-corrected chi connectivity index (χ3v) is 4.49. The highest BCUT2D eigenvalue weighted by atomic mass is 32.1. The number of thiophene rings is 1. The quantitative estimate of drug-likeness (QED) is 0.762. The van der Waals surface area contributed by atoms with E-state index in [2.05, 4.69) is 16.4 Å². The Kier molecular flexibility index (Phi) is 2.96. The van der Waals surface area contributed by atoms with Crippen LogP contribution >= 0.6 is 22.7 Å². The molecule has 0 spiro atoms. The van der Waals surface area contributed by atoms with E-state index in [-0.39, 0.29) is 5.69 Å². The van der Waals surface area contributed by atoms with Crippen molar-refractivity contribution in [3.8, 4) is 0 Å². The predicted octanol–water partition coefficient (Wildman–Crippen LogP) is 4.11. The number of hydrogen-bond donors (Lipinski definition) is 2. The van der Waals surface area contributed by atoms with Gasteiger partial charge >= 0.3 is 5.97 Å². The molecular weight excluding hydrogens is 280 g/mol. The van der Waals surface area contributed by atoms with Crippen LogP contribution in [0.3, 0.4) is 0 Å². The van der Waals surface area contributed by atoms with Crippen LogP contribution in [0.15, 0.2) is 29.6 Å². The second-order valence-electron chi connectivity index (χ2n) is 4.03. The highest BCUT2D eigenvalue weighted by molar-refractivity contribution is 7.17. The maximum absolute atomic E-state index is 10.9. The minimum Gasteiger partial charge on any atom is -0.476 e. The first kappa shape index (κ1) is 12.1. The summed E-state index contributed by atoms with van der Waals surface area (Å²) in [7, 11) is 0. The lowest BCUT2D eigenvalue weighted by atomic mass is 10.2. The Balaban J connectivity index is 1.91. The molecule has 0 saturated heterocycles. The number of nitrogens with one attached hydrogen (secondary N) is 1. The first-order chi connectivity index (χ1) is 9.13. The third-order valence-electron chi connectivity index (χ3n) is 2.70. The number of hydrogen-bond acceptors (Lipinski definition) is 5. The number of rotatable bonds is 3. The summed E-state index contributed by atoms with van der Waals surface area (Å²) in [6.45, 7) is 1.76. The molecule has 0 radical (unpaired) electrons. The fraction of sp³-hybridized carbons (Fsp3) is 0.0769. The molecule has 3 aromatic rings. The minimum atomic E-state index is -0.991. The van der Waals surface area contributed by atoms with E-state index in [4.69, 9.17) is 5.11 Å². The van der Waals surface area contributed by atoms with Gasteiger partial charge in [-0.15, -0.1) is 22.7 Å². The van der Waals surface area contributed by atoms with Crippen molar-refractivity contribution in [2.45, 2.75) is 6.92 Å². The fourth-order valence-corrected chi connectivity index (χ4v) is 3.41. The standard InChI is InChI=1S/C13H10N2O2S2/c1-7-11(12(16)17)15-13(19-7)14-9-2-3-10-8(6-9)4-5-18-10/h2-6H,1H3,(H,14,15)(H,16,17). The maximum Gasteiger partial charge on any atom is 0.355 e. The van der Waals surface area contributed by atoms with E-state index in [9.17, 15) is 4.79 Å². The van der Waals surface area contributed by atoms with Crippen LogP contribution in [-0.2, 0) is 0 Å². The summed E-state index contributed by atoms with van der Waals surface area (Å²) >= 11 is 3.04. The van der Waals surface area contributed by atoms with Gasteiger partial charge in [0.05, 0.1) is 0 Å². The summed E-state index contributed by atoms with van der Waals surface area (Å²) in [5.41, 5.74) is 1.03. The van der Waals surface area contributed by atoms with Crippen LogP contribution in [-0.4, -0.2) is 16.1 Å². The van der Waals surface area contributed by atoms with E-state index in [1.54, 1.807) is 18.3 Å². The van der Waals surface area contributed by atoms with E-state index >= 15 is 0 Å². The Bertz CT molecular complexity index is 761. The Morgan fingerprint density at radius 1 is 1.37 bits per heavy atom. The van der Waals surface area contributed by atoms with Crippen LogP contribution in [0, 0.1) is 6.92 Å². The molecule has 1 aromatic carbocycles. The van der Waals surface area contributed by atoms with Crippen molar-refractivity contribution in [3.63, 3.8) is 0 Å². The molecule has 0 aliphatic carbocycles. The van der Waals surface area contributed by atoms with Crippen molar-refractivity contribution in [3.05, 3.63) is 40.2 Å². The van der Waals surface area contributed by atoms with Crippen molar-refractivity contribution < 1.29 is 9.90 Å². The predicted molar refractivity (Wildman–Crippen MR) is 78.9 cm³/mol. The lowest BCUT2D eigenvalue weighted by molar-refractivity contribution is 0.0690. The smallest absolute Gasteiger partial charge is 0.355 e. The van der Waals surface area contributed by atoms with Crippen LogP contribution in [0.2, 0.25) is 0 Å². The van der Waals surface area contributed by atoms with Crippen LogP contribution in [0.4, 0.5) is 10.8 Å². The van der Waals surface area contributed by atoms with Crippen LogP contribution in [0.25, 0.3) is 10.1 Å². The van der Waals surface area contributed by atoms with E-state index in [1.807, 2.05) is 23.6 Å². The van der Waals surface area contributed by atoms with E-state index < -0.39 is 5.97 Å². The maximum atomic E-state index is 10.9. The van der Waals surface area contributed by atoms with Gasteiger partial charge in [-0.1, -0.05) is 0 Å². The average Bonchev–Trinajstić information content (AvgIpc) is 2.95. The number of carboxylic acids is 1. The van der Waals surface area contributed by atoms with E-state index in [0.29, 0.717) is 10.0 Å². The molecule has 0 amide bonds. The van der Waals surface area contributed by atoms with Gasteiger partial charge in [0.15, 0.2) is 10.8 Å². The lowest BCUT2D eigenvalue weighted by Gasteiger charge is -2.02. The van der Waals surface area contributed by atoms with Crippen molar-refractivity contribution in [2.24, 2.45) is 0 Å². The topological polar surface area (TPSA) is 62.2 Å². The van der Waals surface area contributed by atoms with Gasteiger partial charge in [0.2, 0.25) is 0 Å². The molecule has 3 rings (SSSR count). The second kappa shape index (κ2) is 4.64. The zero-order valence-electron chi connectivity index (χ0n) is 10.0. The number of carboxylic acid groups (broad SMARTS) is 1. The molecule has 2 heterocycles. The summed E-state index contributed by atoms with van der Waals surface area (Å²) in [4.78, 5) is 15.7. The molecule has 0 atom stereocenters. The summed E-state index contributed by atoms with van der Waals surface area (Å²) in [6, 6.07) is 8.10. The number of fused-ring (bicyclic) bond motifs is 1. The van der Waals surface area contributed by atoms with E-state index in [0.717, 1.165) is 5.69 Å². The zero-order valence-corrected chi connectivity index (χ0v) is 11.6. The summed E-state index contributed by atoms with van der Waals surface area (Å²) < 4.78 is 1.23. The molecule has 4 nitrogen and oxygen atoms in total. The van der Waals surface area contributed by atoms with Crippen LogP contribution < -0.4 is 5.32 Å². The van der Waals surface area contributed by atoms with Crippen molar-refractivity contribution in [2.75, 3.05) is 5.32 Å². The lowest BCUT2D eigenvalue weighted by Crippen LogP contribution is -1.99. The molecule has 0 fully saturated rings. The van der Waals surface area contributed by atoms with Crippen LogP contribution in [0.1, 0.15) is 15.4 Å². The molecule has 96 valence electrons. The summed E-state index contributed by atoms with van der Waals surface area (Å²) in [6.07, 6.45) is 0. The minimum absolute atomic E-state index is 0.115. The Morgan fingerprint density at radius 2 is 2.21 bits per heavy atom. The number of carbonyl (C=O) groups is 1. The monoisotopic (exact) mass is 290 g/mol. The number of benzene rings is 1. The summed E-state index contributed by atoms with van der Waals surface area (Å²) in [5.74, 6) is -0.991. The highest BCUT2D eigenvalue weighted by Gasteiger charge is 2.14. The Hall–Kier alpha value is -1.92. The second-order valence-corrected chi connectivity index (χ2v) is 6.18. The number of aryl methyl sites for hydroxylation is 1. The molecule has 2 aromatic heterocycles.